The van der Waals surface area contributed by atoms with Crippen molar-refractivity contribution in [1.82, 2.24) is 9.80 Å². The molecule has 160 valence electrons. The molecule has 0 spiro atoms. The van der Waals surface area contributed by atoms with Crippen molar-refractivity contribution >= 4 is 28.5 Å². The molecule has 0 aromatic heterocycles. The molecule has 0 fully saturated rings. The Morgan fingerprint density at radius 2 is 1.60 bits per heavy atom. The van der Waals surface area contributed by atoms with E-state index in [1.807, 2.05) is 19.1 Å². The monoisotopic (exact) mass is 420 g/mol. The highest BCUT2D eigenvalue weighted by Gasteiger charge is 2.34. The number of nitrogens with zero attached hydrogens (tertiary/aromatic N) is 2. The lowest BCUT2D eigenvalue weighted by molar-refractivity contribution is -0.161. The molecule has 3 amide bonds. The van der Waals surface area contributed by atoms with E-state index >= 15 is 0 Å². The summed E-state index contributed by atoms with van der Waals surface area (Å²) >= 11 is 0. The number of alkyl halides is 3. The minimum Gasteiger partial charge on any atom is -0.334 e. The quantitative estimate of drug-likeness (QED) is 0.595. The lowest BCUT2D eigenvalue weighted by Gasteiger charge is -2.28. The summed E-state index contributed by atoms with van der Waals surface area (Å²) in [5.41, 5.74) is 0.825. The number of unbranched alkanes of at least 4 members (excludes halogenated alkanes) is 1. The van der Waals surface area contributed by atoms with Gasteiger partial charge in [0.05, 0.1) is 0 Å². The van der Waals surface area contributed by atoms with Crippen LogP contribution in [0.2, 0.25) is 0 Å². The first-order valence-corrected chi connectivity index (χ1v) is 9.95. The predicted molar refractivity (Wildman–Crippen MR) is 106 cm³/mol. The van der Waals surface area contributed by atoms with Crippen molar-refractivity contribution in [2.24, 2.45) is 0 Å². The van der Waals surface area contributed by atoms with Crippen LogP contribution in [0.1, 0.15) is 53.3 Å². The van der Waals surface area contributed by atoms with Gasteiger partial charge in [-0.1, -0.05) is 37.6 Å². The van der Waals surface area contributed by atoms with E-state index in [-0.39, 0.29) is 25.9 Å². The van der Waals surface area contributed by atoms with Gasteiger partial charge in [0.25, 0.3) is 11.8 Å². The second kappa shape index (κ2) is 8.85. The molecule has 0 radical (unpaired) electrons. The molecule has 2 aromatic rings. The number of imide groups is 1. The third-order valence-electron chi connectivity index (χ3n) is 5.13. The van der Waals surface area contributed by atoms with Crippen molar-refractivity contribution in [3.8, 4) is 0 Å². The SMILES string of the molecule is CCCCN(CC(F)(F)F)C(=O)CCCN1C(=O)c2cccc3cccc(c23)C1=O. The maximum atomic E-state index is 12.8. The van der Waals surface area contributed by atoms with Crippen molar-refractivity contribution in [2.75, 3.05) is 19.6 Å². The fourth-order valence-electron chi connectivity index (χ4n) is 3.69. The van der Waals surface area contributed by atoms with Gasteiger partial charge in [0.2, 0.25) is 5.91 Å². The number of rotatable bonds is 8. The maximum absolute atomic E-state index is 12.8. The number of carbonyl (C=O) groups excluding carboxylic acids is 3. The molecular weight excluding hydrogens is 397 g/mol. The predicted octanol–water partition coefficient (Wildman–Crippen LogP) is 4.41. The molecule has 1 aliphatic rings. The highest BCUT2D eigenvalue weighted by molar-refractivity contribution is 6.25. The molecule has 0 aliphatic carbocycles. The largest absolute Gasteiger partial charge is 0.406 e. The summed E-state index contributed by atoms with van der Waals surface area (Å²) < 4.78 is 38.3. The lowest BCUT2D eigenvalue weighted by atomic mass is 9.94. The average molecular weight is 420 g/mol. The summed E-state index contributed by atoms with van der Waals surface area (Å²) in [6.45, 7) is 0.554. The van der Waals surface area contributed by atoms with Crippen LogP contribution in [0.15, 0.2) is 36.4 Å². The van der Waals surface area contributed by atoms with Gasteiger partial charge in [-0.2, -0.15) is 13.2 Å². The molecule has 1 aliphatic heterocycles. The smallest absolute Gasteiger partial charge is 0.334 e. The molecule has 3 rings (SSSR count). The van der Waals surface area contributed by atoms with E-state index < -0.39 is 30.4 Å². The number of halogens is 3. The molecule has 0 bridgehead atoms. The Labute approximate surface area is 172 Å². The van der Waals surface area contributed by atoms with Crippen molar-refractivity contribution in [3.05, 3.63) is 47.5 Å². The van der Waals surface area contributed by atoms with Crippen LogP contribution in [0.3, 0.4) is 0 Å². The molecule has 0 saturated heterocycles. The van der Waals surface area contributed by atoms with Crippen molar-refractivity contribution in [1.29, 1.82) is 0 Å². The van der Waals surface area contributed by atoms with E-state index in [2.05, 4.69) is 0 Å². The van der Waals surface area contributed by atoms with Crippen LogP contribution in [-0.4, -0.2) is 53.3 Å². The number of amides is 3. The van der Waals surface area contributed by atoms with Crippen molar-refractivity contribution in [2.45, 2.75) is 38.8 Å². The van der Waals surface area contributed by atoms with E-state index in [4.69, 9.17) is 0 Å². The van der Waals surface area contributed by atoms with E-state index in [1.54, 1.807) is 24.3 Å². The Kier molecular flexibility index (Phi) is 6.43. The molecule has 2 aromatic carbocycles. The number of carbonyl (C=O) groups is 3. The van der Waals surface area contributed by atoms with Crippen LogP contribution in [0.4, 0.5) is 13.2 Å². The first-order chi connectivity index (χ1) is 14.2. The van der Waals surface area contributed by atoms with Crippen LogP contribution in [-0.2, 0) is 4.79 Å². The van der Waals surface area contributed by atoms with Gasteiger partial charge in [-0.25, -0.2) is 0 Å². The minimum absolute atomic E-state index is 0.0260. The van der Waals surface area contributed by atoms with E-state index in [9.17, 15) is 27.6 Å². The Morgan fingerprint density at radius 1 is 1.00 bits per heavy atom. The zero-order chi connectivity index (χ0) is 21.9. The second-order valence-electron chi connectivity index (χ2n) is 7.36. The van der Waals surface area contributed by atoms with Crippen molar-refractivity contribution in [3.63, 3.8) is 0 Å². The summed E-state index contributed by atoms with van der Waals surface area (Å²) in [7, 11) is 0. The van der Waals surface area contributed by atoms with Gasteiger partial charge in [0.1, 0.15) is 6.54 Å². The number of hydrogen-bond acceptors (Lipinski definition) is 3. The molecule has 1 heterocycles. The van der Waals surface area contributed by atoms with Crippen LogP contribution in [0.25, 0.3) is 10.8 Å². The normalized spacial score (nSPS) is 13.8. The van der Waals surface area contributed by atoms with Gasteiger partial charge in [0, 0.05) is 36.0 Å². The zero-order valence-corrected chi connectivity index (χ0v) is 16.7. The third kappa shape index (κ3) is 4.63. The van der Waals surface area contributed by atoms with E-state index in [0.717, 1.165) is 15.2 Å². The summed E-state index contributed by atoms with van der Waals surface area (Å²) in [5.74, 6) is -1.52. The van der Waals surface area contributed by atoms with Gasteiger partial charge in [-0.3, -0.25) is 19.3 Å². The highest BCUT2D eigenvalue weighted by atomic mass is 19.4. The molecular formula is C22H23F3N2O3. The van der Waals surface area contributed by atoms with Crippen LogP contribution >= 0.6 is 0 Å². The second-order valence-corrected chi connectivity index (χ2v) is 7.36. The van der Waals surface area contributed by atoms with Crippen LogP contribution in [0.5, 0.6) is 0 Å². The van der Waals surface area contributed by atoms with Gasteiger partial charge < -0.3 is 4.90 Å². The van der Waals surface area contributed by atoms with Gasteiger partial charge in [0.15, 0.2) is 0 Å². The summed E-state index contributed by atoms with van der Waals surface area (Å²) in [6, 6.07) is 10.4. The Morgan fingerprint density at radius 3 is 2.13 bits per heavy atom. The molecule has 0 atom stereocenters. The standard InChI is InChI=1S/C22H23F3N2O3/c1-2-3-12-26(14-22(23,24)25)18(28)11-6-13-27-20(29)16-9-4-7-15-8-5-10-17(19(15)16)21(27)30/h4-5,7-10H,2-3,6,11-14H2,1H3. The zero-order valence-electron chi connectivity index (χ0n) is 16.7. The van der Waals surface area contributed by atoms with Gasteiger partial charge >= 0.3 is 6.18 Å². The van der Waals surface area contributed by atoms with Crippen LogP contribution in [0, 0.1) is 0 Å². The van der Waals surface area contributed by atoms with Crippen molar-refractivity contribution < 1.29 is 27.6 Å². The average Bonchev–Trinajstić information content (AvgIpc) is 2.70. The van der Waals surface area contributed by atoms with E-state index in [0.29, 0.717) is 29.4 Å². The maximum Gasteiger partial charge on any atom is 0.406 e. The third-order valence-corrected chi connectivity index (χ3v) is 5.13. The summed E-state index contributed by atoms with van der Waals surface area (Å²) in [6.07, 6.45) is -3.38. The van der Waals surface area contributed by atoms with Crippen LogP contribution < -0.4 is 0 Å². The Hall–Kier alpha value is -2.90. The fraction of sp³-hybridized carbons (Fsp3) is 0.409. The molecule has 0 saturated carbocycles. The summed E-state index contributed by atoms with van der Waals surface area (Å²) in [4.78, 5) is 39.8. The molecule has 0 N–H and O–H groups in total. The molecule has 8 heteroatoms. The topological polar surface area (TPSA) is 57.7 Å². The molecule has 0 unspecified atom stereocenters. The first-order valence-electron chi connectivity index (χ1n) is 9.95. The number of benzene rings is 2. The molecule has 30 heavy (non-hydrogen) atoms. The lowest BCUT2D eigenvalue weighted by Crippen LogP contribution is -2.42. The Bertz CT molecular complexity index is 921. The number of hydrogen-bond donors (Lipinski definition) is 0. The van der Waals surface area contributed by atoms with E-state index in [1.165, 1.54) is 0 Å². The first kappa shape index (κ1) is 21.8. The summed E-state index contributed by atoms with van der Waals surface area (Å²) in [5, 5.41) is 1.40. The van der Waals surface area contributed by atoms with Gasteiger partial charge in [-0.05, 0) is 30.4 Å². The minimum atomic E-state index is -4.47. The molecule has 5 nitrogen and oxygen atoms in total. The van der Waals surface area contributed by atoms with Gasteiger partial charge in [-0.15, -0.1) is 0 Å². The Balaban J connectivity index is 1.68. The highest BCUT2D eigenvalue weighted by Crippen LogP contribution is 2.30. The fourth-order valence-corrected chi connectivity index (χ4v) is 3.69.